The third kappa shape index (κ3) is 10.7. The summed E-state index contributed by atoms with van der Waals surface area (Å²) in [6, 6.07) is 13.4. The van der Waals surface area contributed by atoms with Crippen LogP contribution in [0, 0.1) is 12.8 Å². The van der Waals surface area contributed by atoms with Gasteiger partial charge in [-0.1, -0.05) is 82.2 Å². The van der Waals surface area contributed by atoms with Crippen molar-refractivity contribution in [2.75, 3.05) is 12.0 Å². The molecule has 0 unspecified atom stereocenters. The van der Waals surface area contributed by atoms with E-state index in [4.69, 9.17) is 0 Å². The third-order valence-electron chi connectivity index (χ3n) is 7.81. The second-order valence-corrected chi connectivity index (χ2v) is 11.8. The number of rotatable bonds is 15. The largest absolute Gasteiger partial charge is 1.00 e. The smallest absolute Gasteiger partial charge is 0.548 e. The number of benzene rings is 2. The van der Waals surface area contributed by atoms with Crippen molar-refractivity contribution >= 4 is 23.6 Å². The van der Waals surface area contributed by atoms with Crippen LogP contribution in [-0.4, -0.2) is 36.0 Å². The van der Waals surface area contributed by atoms with E-state index >= 15 is 0 Å². The Morgan fingerprint density at radius 1 is 1.05 bits per heavy atom. The van der Waals surface area contributed by atoms with Gasteiger partial charge in [0.15, 0.2) is 0 Å². The van der Waals surface area contributed by atoms with Crippen LogP contribution < -0.4 is 34.6 Å². The first-order chi connectivity index (χ1) is 18.4. The summed E-state index contributed by atoms with van der Waals surface area (Å²) in [7, 11) is 0. The van der Waals surface area contributed by atoms with Crippen LogP contribution in [0.3, 0.4) is 0 Å². The summed E-state index contributed by atoms with van der Waals surface area (Å²) < 4.78 is 0. The Morgan fingerprint density at radius 3 is 2.46 bits per heavy atom. The molecule has 1 fully saturated rings. The minimum atomic E-state index is -1.25. The monoisotopic (exact) mass is 544 g/mol. The van der Waals surface area contributed by atoms with Crippen LogP contribution in [0.1, 0.15) is 92.6 Å². The molecule has 1 amide bonds. The number of carboxylic acid groups (broad SMARTS) is 1. The Bertz CT molecular complexity index is 1040. The molecule has 2 N–H and O–H groups in total. The van der Waals surface area contributed by atoms with E-state index in [0.717, 1.165) is 34.7 Å². The van der Waals surface area contributed by atoms with Crippen molar-refractivity contribution in [2.24, 2.45) is 5.92 Å². The summed E-state index contributed by atoms with van der Waals surface area (Å²) >= 11 is 1.55. The van der Waals surface area contributed by atoms with Crippen LogP contribution in [-0.2, 0) is 11.3 Å². The molecule has 1 saturated carbocycles. The number of carbonyl (C=O) groups excluding carboxylic acids is 2. The summed E-state index contributed by atoms with van der Waals surface area (Å²) in [6.45, 7) is 5.04. The van der Waals surface area contributed by atoms with E-state index < -0.39 is 12.0 Å². The number of carbonyl (C=O) groups is 2. The van der Waals surface area contributed by atoms with Gasteiger partial charge in [-0.25, -0.2) is 0 Å². The summed E-state index contributed by atoms with van der Waals surface area (Å²) in [5, 5.41) is 18.2. The number of aliphatic carboxylic acids is 1. The fourth-order valence-corrected chi connectivity index (χ4v) is 6.03. The van der Waals surface area contributed by atoms with E-state index in [2.05, 4.69) is 23.6 Å². The van der Waals surface area contributed by atoms with E-state index in [-0.39, 0.29) is 24.8 Å². The first kappa shape index (κ1) is 33.5. The molecule has 39 heavy (non-hydrogen) atoms. The van der Waals surface area contributed by atoms with Crippen LogP contribution in [0.2, 0.25) is 0 Å². The summed E-state index contributed by atoms with van der Waals surface area (Å²) in [5.41, 5.74) is 4.51. The van der Waals surface area contributed by atoms with Crippen LogP contribution in [0.5, 0.6) is 0 Å². The molecule has 0 aromatic heterocycles. The number of unbranched alkanes of at least 4 members (excludes halogenated alkanes) is 1. The van der Waals surface area contributed by atoms with Crippen molar-refractivity contribution in [1.82, 2.24) is 10.6 Å². The number of aryl methyl sites for hydroxylation is 1. The van der Waals surface area contributed by atoms with Gasteiger partial charge in [-0.2, -0.15) is 11.8 Å². The zero-order valence-corrected chi connectivity index (χ0v) is 25.2. The molecule has 7 heteroatoms. The average Bonchev–Trinajstić information content (AvgIpc) is 2.93. The molecule has 5 nitrogen and oxygen atoms in total. The van der Waals surface area contributed by atoms with Gasteiger partial charge in [0.1, 0.15) is 0 Å². The van der Waals surface area contributed by atoms with Gasteiger partial charge in [-0.3, -0.25) is 4.79 Å². The van der Waals surface area contributed by atoms with Gasteiger partial charge in [0, 0.05) is 18.2 Å². The van der Waals surface area contributed by atoms with Gasteiger partial charge < -0.3 is 20.5 Å². The SMILES string of the molecule is CCCC[C@H](CC1CCCCC1)NCc1ccc(C(=O)N[C@@H](CCSC)C(=O)[O-])c(-c2ccccc2C)c1.[Li+]. The number of hydrogen-bond donors (Lipinski definition) is 2. The standard InChI is InChI=1S/C32H46N2O3S.Li/c1-4-5-14-26(20-24-12-7-6-8-13-24)33-22-25-16-17-28(29(21-25)27-15-10-9-11-23(27)2)31(35)34-30(32(36)37)18-19-38-3;/h9-11,15-17,21,24,26,30,33H,4-8,12-14,18-20,22H2,1-3H3,(H,34,35)(H,36,37);/q;+1/p-1/t26-,30+;/m1./s1. The van der Waals surface area contributed by atoms with Gasteiger partial charge in [-0.05, 0) is 78.5 Å². The molecule has 2 atom stereocenters. The topological polar surface area (TPSA) is 81.3 Å². The maximum atomic E-state index is 13.3. The van der Waals surface area contributed by atoms with Crippen LogP contribution in [0.4, 0.5) is 0 Å². The van der Waals surface area contributed by atoms with Crippen molar-refractivity contribution in [3.8, 4) is 11.1 Å². The van der Waals surface area contributed by atoms with Gasteiger partial charge in [-0.15, -0.1) is 0 Å². The van der Waals surface area contributed by atoms with Crippen LogP contribution in [0.25, 0.3) is 11.1 Å². The molecule has 208 valence electrons. The number of amides is 1. The molecule has 0 bridgehead atoms. The van der Waals surface area contributed by atoms with E-state index in [9.17, 15) is 14.7 Å². The molecule has 3 rings (SSSR count). The minimum absolute atomic E-state index is 0. The third-order valence-corrected chi connectivity index (χ3v) is 8.45. The number of hydrogen-bond acceptors (Lipinski definition) is 5. The van der Waals surface area contributed by atoms with E-state index in [1.54, 1.807) is 11.8 Å². The fourth-order valence-electron chi connectivity index (χ4n) is 5.56. The molecule has 0 radical (unpaired) electrons. The molecule has 0 saturated heterocycles. The number of nitrogens with one attached hydrogen (secondary N) is 2. The Kier molecular flexibility index (Phi) is 15.3. The summed E-state index contributed by atoms with van der Waals surface area (Å²) in [4.78, 5) is 25.0. The number of thioether (sulfide) groups is 1. The van der Waals surface area contributed by atoms with Gasteiger partial charge in [0.05, 0.1) is 12.0 Å². The summed E-state index contributed by atoms with van der Waals surface area (Å²) in [6.07, 6.45) is 13.9. The first-order valence-corrected chi connectivity index (χ1v) is 15.7. The molecule has 2 aromatic carbocycles. The van der Waals surface area contributed by atoms with Gasteiger partial charge in [0.25, 0.3) is 5.91 Å². The summed E-state index contributed by atoms with van der Waals surface area (Å²) in [5.74, 6) is -0.166. The fraction of sp³-hybridized carbons (Fsp3) is 0.562. The van der Waals surface area contributed by atoms with Crippen molar-refractivity contribution in [3.05, 3.63) is 59.2 Å². The molecule has 1 aliphatic carbocycles. The van der Waals surface area contributed by atoms with Crippen molar-refractivity contribution < 1.29 is 33.6 Å². The molecule has 0 spiro atoms. The Labute approximate surface area is 251 Å². The van der Waals surface area contributed by atoms with Gasteiger partial charge >= 0.3 is 18.9 Å². The Balaban J connectivity index is 0.00000533. The minimum Gasteiger partial charge on any atom is -0.548 e. The quantitative estimate of drug-likeness (QED) is 0.337. The average molecular weight is 545 g/mol. The molecule has 0 heterocycles. The molecule has 0 aliphatic heterocycles. The van der Waals surface area contributed by atoms with E-state index in [0.29, 0.717) is 23.8 Å². The van der Waals surface area contributed by atoms with Crippen LogP contribution in [0.15, 0.2) is 42.5 Å². The van der Waals surface area contributed by atoms with E-state index in [1.807, 2.05) is 49.6 Å². The maximum Gasteiger partial charge on any atom is 1.00 e. The molecular weight excluding hydrogens is 499 g/mol. The van der Waals surface area contributed by atoms with Crippen molar-refractivity contribution in [1.29, 1.82) is 0 Å². The molecular formula is C32H45LiN2O3S. The van der Waals surface area contributed by atoms with Crippen LogP contribution >= 0.6 is 11.8 Å². The molecule has 1 aliphatic rings. The predicted octanol–water partition coefficient (Wildman–Crippen LogP) is 2.89. The van der Waals surface area contributed by atoms with E-state index in [1.165, 1.54) is 57.8 Å². The second-order valence-electron chi connectivity index (χ2n) is 10.8. The normalized spacial score (nSPS) is 15.3. The maximum absolute atomic E-state index is 13.3. The zero-order valence-electron chi connectivity index (χ0n) is 24.4. The Hall–Kier alpha value is -1.71. The van der Waals surface area contributed by atoms with Crippen molar-refractivity contribution in [2.45, 2.75) is 96.7 Å². The first-order valence-electron chi connectivity index (χ1n) is 14.4. The number of carboxylic acids is 1. The second kappa shape index (κ2) is 17.9. The predicted molar refractivity (Wildman–Crippen MR) is 157 cm³/mol. The van der Waals surface area contributed by atoms with Crippen molar-refractivity contribution in [3.63, 3.8) is 0 Å². The zero-order chi connectivity index (χ0) is 27.3. The Morgan fingerprint density at radius 2 is 1.79 bits per heavy atom. The molecule has 2 aromatic rings. The van der Waals surface area contributed by atoms with Gasteiger partial charge in [0.2, 0.25) is 0 Å².